The number of likely N-dealkylation sites (tertiary alicyclic amines) is 1. The van der Waals surface area contributed by atoms with Gasteiger partial charge >= 0.3 is 0 Å². The average Bonchev–Trinajstić information content (AvgIpc) is 2.85. The van der Waals surface area contributed by atoms with Crippen molar-refractivity contribution in [2.45, 2.75) is 59.0 Å². The van der Waals surface area contributed by atoms with E-state index in [1.165, 1.54) is 44.3 Å². The number of nitrogens with one attached hydrogen (secondary N) is 1. The van der Waals surface area contributed by atoms with Gasteiger partial charge in [-0.1, -0.05) is 49.2 Å². The van der Waals surface area contributed by atoms with Crippen LogP contribution in [0.1, 0.15) is 65.5 Å². The first-order valence-electron chi connectivity index (χ1n) is 9.71. The van der Waals surface area contributed by atoms with Gasteiger partial charge in [0.05, 0.1) is 5.69 Å². The van der Waals surface area contributed by atoms with Crippen molar-refractivity contribution in [3.8, 4) is 0 Å². The van der Waals surface area contributed by atoms with Crippen molar-refractivity contribution < 1.29 is 9.32 Å². The molecular weight excluding hydrogens is 326 g/mol. The molecule has 0 radical (unpaired) electrons. The molecular formula is C21H29N3O2. The number of carbonyl (C=O) groups excluding carboxylic acids is 1. The SMILES string of the molecule is CCc1noc(C)c1C(=O)NCc1ccc(CN2CCCCCC2)cc1. The van der Waals surface area contributed by atoms with Gasteiger partial charge in [-0.15, -0.1) is 0 Å². The number of amides is 1. The smallest absolute Gasteiger partial charge is 0.257 e. The topological polar surface area (TPSA) is 58.4 Å². The van der Waals surface area contributed by atoms with Gasteiger partial charge in [0.15, 0.2) is 0 Å². The molecule has 2 heterocycles. The van der Waals surface area contributed by atoms with Crippen LogP contribution in [0.5, 0.6) is 0 Å². The minimum Gasteiger partial charge on any atom is -0.361 e. The van der Waals surface area contributed by atoms with Crippen LogP contribution >= 0.6 is 0 Å². The minimum absolute atomic E-state index is 0.116. The van der Waals surface area contributed by atoms with Gasteiger partial charge in [-0.25, -0.2) is 0 Å². The molecule has 140 valence electrons. The lowest BCUT2D eigenvalue weighted by Crippen LogP contribution is -2.24. The largest absolute Gasteiger partial charge is 0.361 e. The van der Waals surface area contributed by atoms with Gasteiger partial charge in [0.25, 0.3) is 5.91 Å². The molecule has 0 saturated carbocycles. The van der Waals surface area contributed by atoms with Crippen molar-refractivity contribution in [1.29, 1.82) is 0 Å². The Morgan fingerprint density at radius 3 is 2.42 bits per heavy atom. The number of hydrogen-bond donors (Lipinski definition) is 1. The highest BCUT2D eigenvalue weighted by molar-refractivity contribution is 5.96. The Morgan fingerprint density at radius 2 is 1.77 bits per heavy atom. The van der Waals surface area contributed by atoms with Gasteiger partial charge in [0.2, 0.25) is 0 Å². The molecule has 0 atom stereocenters. The summed E-state index contributed by atoms with van der Waals surface area (Å²) >= 11 is 0. The van der Waals surface area contributed by atoms with Gasteiger partial charge in [0.1, 0.15) is 11.3 Å². The number of rotatable bonds is 6. The fourth-order valence-electron chi connectivity index (χ4n) is 3.54. The highest BCUT2D eigenvalue weighted by Gasteiger charge is 2.18. The summed E-state index contributed by atoms with van der Waals surface area (Å²) in [5.74, 6) is 0.460. The quantitative estimate of drug-likeness (QED) is 0.855. The molecule has 1 aromatic carbocycles. The van der Waals surface area contributed by atoms with Crippen LogP contribution in [0, 0.1) is 6.92 Å². The number of benzene rings is 1. The highest BCUT2D eigenvalue weighted by atomic mass is 16.5. The Bertz CT molecular complexity index is 713. The maximum Gasteiger partial charge on any atom is 0.257 e. The van der Waals surface area contributed by atoms with Crippen molar-refractivity contribution in [3.05, 3.63) is 52.4 Å². The average molecular weight is 355 g/mol. The molecule has 0 aliphatic carbocycles. The second-order valence-electron chi connectivity index (χ2n) is 7.10. The Balaban J connectivity index is 1.54. The van der Waals surface area contributed by atoms with Crippen LogP contribution in [-0.4, -0.2) is 29.1 Å². The molecule has 1 aliphatic heterocycles. The van der Waals surface area contributed by atoms with Crippen LogP contribution < -0.4 is 5.32 Å². The number of aryl methyl sites for hydroxylation is 2. The van der Waals surface area contributed by atoms with Gasteiger partial charge in [-0.3, -0.25) is 9.69 Å². The Hall–Kier alpha value is -2.14. The minimum atomic E-state index is -0.116. The lowest BCUT2D eigenvalue weighted by atomic mass is 10.1. The van der Waals surface area contributed by atoms with Crippen molar-refractivity contribution in [2.24, 2.45) is 0 Å². The van der Waals surface area contributed by atoms with Crippen LogP contribution in [0.4, 0.5) is 0 Å². The molecule has 1 fully saturated rings. The molecule has 26 heavy (non-hydrogen) atoms. The third kappa shape index (κ3) is 4.73. The van der Waals surface area contributed by atoms with E-state index in [4.69, 9.17) is 4.52 Å². The molecule has 0 unspecified atom stereocenters. The van der Waals surface area contributed by atoms with Crippen molar-refractivity contribution in [2.75, 3.05) is 13.1 Å². The first-order valence-corrected chi connectivity index (χ1v) is 9.71. The zero-order valence-corrected chi connectivity index (χ0v) is 15.9. The summed E-state index contributed by atoms with van der Waals surface area (Å²) in [5, 5.41) is 6.92. The third-order valence-corrected chi connectivity index (χ3v) is 5.08. The number of aromatic nitrogens is 1. The molecule has 1 aliphatic rings. The van der Waals surface area contributed by atoms with Gasteiger partial charge < -0.3 is 9.84 Å². The van der Waals surface area contributed by atoms with Gasteiger partial charge in [-0.05, 0) is 50.4 Å². The van der Waals surface area contributed by atoms with E-state index >= 15 is 0 Å². The molecule has 1 saturated heterocycles. The number of nitrogens with zero attached hydrogens (tertiary/aromatic N) is 2. The lowest BCUT2D eigenvalue weighted by Gasteiger charge is -2.19. The van der Waals surface area contributed by atoms with Crippen LogP contribution in [-0.2, 0) is 19.5 Å². The molecule has 5 nitrogen and oxygen atoms in total. The van der Waals surface area contributed by atoms with Crippen molar-refractivity contribution >= 4 is 5.91 Å². The monoisotopic (exact) mass is 355 g/mol. The molecule has 3 rings (SSSR count). The summed E-state index contributed by atoms with van der Waals surface area (Å²) < 4.78 is 5.14. The third-order valence-electron chi connectivity index (χ3n) is 5.08. The fourth-order valence-corrected chi connectivity index (χ4v) is 3.54. The number of carbonyl (C=O) groups is 1. The maximum absolute atomic E-state index is 12.4. The molecule has 1 N–H and O–H groups in total. The first kappa shape index (κ1) is 18.6. The van der Waals surface area contributed by atoms with E-state index in [2.05, 4.69) is 39.6 Å². The summed E-state index contributed by atoms with van der Waals surface area (Å²) in [6.45, 7) is 7.68. The molecule has 1 aromatic heterocycles. The Morgan fingerprint density at radius 1 is 1.12 bits per heavy atom. The zero-order valence-electron chi connectivity index (χ0n) is 15.9. The Labute approximate surface area is 155 Å². The molecule has 0 bridgehead atoms. The maximum atomic E-state index is 12.4. The van der Waals surface area contributed by atoms with E-state index in [1.807, 2.05) is 6.92 Å². The predicted molar refractivity (Wildman–Crippen MR) is 102 cm³/mol. The van der Waals surface area contributed by atoms with Crippen molar-refractivity contribution in [1.82, 2.24) is 15.4 Å². The van der Waals surface area contributed by atoms with E-state index in [-0.39, 0.29) is 5.91 Å². The first-order chi connectivity index (χ1) is 12.7. The normalized spacial score (nSPS) is 15.6. The second-order valence-corrected chi connectivity index (χ2v) is 7.10. The Kier molecular flexibility index (Phi) is 6.45. The standard InChI is InChI=1S/C21H29N3O2/c1-3-19-20(16(2)26-23-19)21(25)22-14-17-8-10-18(11-9-17)15-24-12-6-4-5-7-13-24/h8-11H,3-7,12-15H2,1-2H3,(H,22,25). The van der Waals surface area contributed by atoms with E-state index < -0.39 is 0 Å². The lowest BCUT2D eigenvalue weighted by molar-refractivity contribution is 0.0948. The van der Waals surface area contributed by atoms with E-state index in [9.17, 15) is 4.79 Å². The van der Waals surface area contributed by atoms with Gasteiger partial charge in [0, 0.05) is 13.1 Å². The van der Waals surface area contributed by atoms with Crippen LogP contribution in [0.15, 0.2) is 28.8 Å². The van der Waals surface area contributed by atoms with Crippen LogP contribution in [0.2, 0.25) is 0 Å². The fraction of sp³-hybridized carbons (Fsp3) is 0.524. The summed E-state index contributed by atoms with van der Waals surface area (Å²) in [6, 6.07) is 8.56. The van der Waals surface area contributed by atoms with Crippen molar-refractivity contribution in [3.63, 3.8) is 0 Å². The summed E-state index contributed by atoms with van der Waals surface area (Å²) in [6.07, 6.45) is 6.03. The highest BCUT2D eigenvalue weighted by Crippen LogP contribution is 2.15. The molecule has 2 aromatic rings. The van der Waals surface area contributed by atoms with Gasteiger partial charge in [-0.2, -0.15) is 0 Å². The summed E-state index contributed by atoms with van der Waals surface area (Å²) in [5.41, 5.74) is 3.73. The van der Waals surface area contributed by atoms with E-state index in [0.717, 1.165) is 12.1 Å². The molecule has 0 spiro atoms. The predicted octanol–water partition coefficient (Wildman–Crippen LogP) is 3.85. The second kappa shape index (κ2) is 8.99. The molecule has 5 heteroatoms. The zero-order chi connectivity index (χ0) is 18.4. The van der Waals surface area contributed by atoms with E-state index in [1.54, 1.807) is 6.92 Å². The summed E-state index contributed by atoms with van der Waals surface area (Å²) in [4.78, 5) is 15.0. The van der Waals surface area contributed by atoms with E-state index in [0.29, 0.717) is 30.0 Å². The number of hydrogen-bond acceptors (Lipinski definition) is 4. The van der Waals surface area contributed by atoms with Crippen LogP contribution in [0.3, 0.4) is 0 Å². The summed E-state index contributed by atoms with van der Waals surface area (Å²) in [7, 11) is 0. The molecule has 1 amide bonds. The van der Waals surface area contributed by atoms with Crippen LogP contribution in [0.25, 0.3) is 0 Å².